The molecule has 1 saturated heterocycles. The number of nitrogens with one attached hydrogen (secondary N) is 1. The van der Waals surface area contributed by atoms with E-state index in [0.29, 0.717) is 23.9 Å². The first-order valence-electron chi connectivity index (χ1n) is 10.1. The summed E-state index contributed by atoms with van der Waals surface area (Å²) >= 11 is 0. The number of amides is 3. The number of allylic oxidation sites excluding steroid dienone is 2. The van der Waals surface area contributed by atoms with E-state index in [1.54, 1.807) is 19.1 Å². The second kappa shape index (κ2) is 6.47. The van der Waals surface area contributed by atoms with E-state index in [9.17, 15) is 9.59 Å². The first kappa shape index (κ1) is 18.0. The number of carbonyl (C=O) groups is 2. The minimum atomic E-state index is -0.877. The average molecular weight is 393 g/mol. The molecule has 0 aromatic carbocycles. The smallest absolute Gasteiger partial charge is 0.329 e. The SMILES string of the molecule is CC[C@@]1(C)NC(=O)N(c2ccc(OC3=CCC4=COC(C5CC5)C4=C3)nc2)C1=O. The van der Waals surface area contributed by atoms with Gasteiger partial charge in [0, 0.05) is 17.6 Å². The van der Waals surface area contributed by atoms with Crippen LogP contribution in [0.1, 0.15) is 39.5 Å². The van der Waals surface area contributed by atoms with Crippen molar-refractivity contribution in [3.05, 3.63) is 53.6 Å². The molecular weight excluding hydrogens is 370 g/mol. The van der Waals surface area contributed by atoms with Gasteiger partial charge in [-0.2, -0.15) is 0 Å². The van der Waals surface area contributed by atoms with E-state index in [1.807, 2.05) is 25.3 Å². The third-order valence-electron chi connectivity index (χ3n) is 6.07. The molecule has 0 spiro atoms. The van der Waals surface area contributed by atoms with Gasteiger partial charge in [-0.3, -0.25) is 4.79 Å². The molecule has 1 N–H and O–H groups in total. The zero-order valence-electron chi connectivity index (χ0n) is 16.5. The molecule has 7 heteroatoms. The number of nitrogens with zero attached hydrogens (tertiary/aromatic N) is 2. The van der Waals surface area contributed by atoms with Gasteiger partial charge in [0.05, 0.1) is 18.1 Å². The standard InChI is InChI=1S/C22H23N3O4/c1-3-22(2)20(26)25(21(27)24-22)15-7-9-18(23-11-15)29-16-8-6-14-12-28-19(13-4-5-13)17(14)10-16/h7-13,19H,3-6H2,1-2H3,(H,24,27)/t19?,22-/m1/s1. The summed E-state index contributed by atoms with van der Waals surface area (Å²) in [4.78, 5) is 30.3. The van der Waals surface area contributed by atoms with Gasteiger partial charge >= 0.3 is 6.03 Å². The Morgan fingerprint density at radius 2 is 2.17 bits per heavy atom. The molecule has 1 aromatic rings. The van der Waals surface area contributed by atoms with Gasteiger partial charge in [0.25, 0.3) is 5.91 Å². The number of hydrogen-bond acceptors (Lipinski definition) is 5. The van der Waals surface area contributed by atoms with Crippen molar-refractivity contribution in [3.8, 4) is 5.88 Å². The highest BCUT2D eigenvalue weighted by molar-refractivity contribution is 6.23. The van der Waals surface area contributed by atoms with Crippen molar-refractivity contribution >= 4 is 17.6 Å². The van der Waals surface area contributed by atoms with Crippen molar-refractivity contribution in [1.82, 2.24) is 10.3 Å². The van der Waals surface area contributed by atoms with Crippen molar-refractivity contribution in [2.24, 2.45) is 5.92 Å². The molecule has 2 aliphatic heterocycles. The normalized spacial score (nSPS) is 28.3. The lowest BCUT2D eigenvalue weighted by Crippen LogP contribution is -2.43. The molecule has 4 aliphatic rings. The minimum absolute atomic E-state index is 0.153. The second-order valence-electron chi connectivity index (χ2n) is 8.16. The number of carbonyl (C=O) groups excluding carboxylic acids is 2. The van der Waals surface area contributed by atoms with Gasteiger partial charge in [-0.05, 0) is 56.4 Å². The maximum Gasteiger partial charge on any atom is 0.329 e. The van der Waals surface area contributed by atoms with Crippen molar-refractivity contribution < 1.29 is 19.1 Å². The average Bonchev–Trinajstić information content (AvgIpc) is 3.43. The number of fused-ring (bicyclic) bond motifs is 1. The Morgan fingerprint density at radius 1 is 1.34 bits per heavy atom. The Hall–Kier alpha value is -3.09. The second-order valence-corrected chi connectivity index (χ2v) is 8.16. The molecule has 2 atom stereocenters. The van der Waals surface area contributed by atoms with E-state index < -0.39 is 11.6 Å². The van der Waals surface area contributed by atoms with Gasteiger partial charge in [-0.1, -0.05) is 6.92 Å². The van der Waals surface area contributed by atoms with Crippen molar-refractivity contribution in [1.29, 1.82) is 0 Å². The molecule has 7 nitrogen and oxygen atoms in total. The van der Waals surface area contributed by atoms with Crippen LogP contribution in [0.5, 0.6) is 5.88 Å². The topological polar surface area (TPSA) is 80.8 Å². The number of pyridine rings is 1. The van der Waals surface area contributed by atoms with Gasteiger partial charge in [-0.15, -0.1) is 0 Å². The quantitative estimate of drug-likeness (QED) is 0.773. The van der Waals surface area contributed by atoms with E-state index >= 15 is 0 Å². The minimum Gasteiger partial charge on any atom is -0.493 e. The number of urea groups is 1. The number of hydrogen-bond donors (Lipinski definition) is 1. The van der Waals surface area contributed by atoms with Gasteiger partial charge in [0.1, 0.15) is 17.4 Å². The summed E-state index contributed by atoms with van der Waals surface area (Å²) in [6, 6.07) is 2.92. The molecule has 29 heavy (non-hydrogen) atoms. The van der Waals surface area contributed by atoms with Crippen LogP contribution in [-0.2, 0) is 9.53 Å². The number of ether oxygens (including phenoxy) is 2. The highest BCUT2D eigenvalue weighted by Crippen LogP contribution is 2.45. The lowest BCUT2D eigenvalue weighted by molar-refractivity contribution is -0.121. The monoisotopic (exact) mass is 393 g/mol. The van der Waals surface area contributed by atoms with Crippen LogP contribution in [0.15, 0.2) is 53.6 Å². The number of anilines is 1. The lowest BCUT2D eigenvalue weighted by atomic mass is 9.93. The third kappa shape index (κ3) is 3.01. The molecule has 2 fully saturated rings. The van der Waals surface area contributed by atoms with Crippen LogP contribution in [0.4, 0.5) is 10.5 Å². The summed E-state index contributed by atoms with van der Waals surface area (Å²) < 4.78 is 11.8. The molecule has 0 radical (unpaired) electrons. The van der Waals surface area contributed by atoms with E-state index in [1.165, 1.54) is 30.2 Å². The molecular formula is C22H23N3O4. The molecule has 5 rings (SSSR count). The van der Waals surface area contributed by atoms with Crippen LogP contribution in [0.25, 0.3) is 0 Å². The predicted octanol–water partition coefficient (Wildman–Crippen LogP) is 3.59. The van der Waals surface area contributed by atoms with Crippen LogP contribution in [0.3, 0.4) is 0 Å². The van der Waals surface area contributed by atoms with Crippen LogP contribution in [0.2, 0.25) is 0 Å². The summed E-state index contributed by atoms with van der Waals surface area (Å²) in [6.45, 7) is 3.60. The van der Waals surface area contributed by atoms with Gasteiger partial charge in [0.15, 0.2) is 0 Å². The largest absolute Gasteiger partial charge is 0.493 e. The molecule has 150 valence electrons. The number of aromatic nitrogens is 1. The maximum absolute atomic E-state index is 12.6. The van der Waals surface area contributed by atoms with Gasteiger partial charge < -0.3 is 14.8 Å². The predicted molar refractivity (Wildman–Crippen MR) is 106 cm³/mol. The Bertz CT molecular complexity index is 974. The summed E-state index contributed by atoms with van der Waals surface area (Å²) in [6.07, 6.45) is 11.3. The summed E-state index contributed by atoms with van der Waals surface area (Å²) in [5.74, 6) is 1.50. The summed E-state index contributed by atoms with van der Waals surface area (Å²) in [5.41, 5.74) is 1.98. The Balaban J connectivity index is 1.31. The highest BCUT2D eigenvalue weighted by atomic mass is 16.5. The van der Waals surface area contributed by atoms with Crippen molar-refractivity contribution in [2.75, 3.05) is 4.90 Å². The van der Waals surface area contributed by atoms with Crippen LogP contribution >= 0.6 is 0 Å². The molecule has 0 bridgehead atoms. The molecule has 1 aromatic heterocycles. The Morgan fingerprint density at radius 3 is 2.83 bits per heavy atom. The zero-order valence-corrected chi connectivity index (χ0v) is 16.5. The van der Waals surface area contributed by atoms with Crippen LogP contribution < -0.4 is 15.0 Å². The van der Waals surface area contributed by atoms with Crippen LogP contribution in [-0.4, -0.2) is 28.6 Å². The Labute approximate surface area is 169 Å². The molecule has 1 unspecified atom stereocenters. The van der Waals surface area contributed by atoms with Gasteiger partial charge in [0.2, 0.25) is 5.88 Å². The zero-order chi connectivity index (χ0) is 20.2. The fraction of sp³-hybridized carbons (Fsp3) is 0.409. The molecule has 3 amide bonds. The third-order valence-corrected chi connectivity index (χ3v) is 6.07. The molecule has 1 saturated carbocycles. The van der Waals surface area contributed by atoms with Crippen LogP contribution in [0, 0.1) is 5.92 Å². The fourth-order valence-corrected chi connectivity index (χ4v) is 3.92. The first-order chi connectivity index (χ1) is 14.0. The Kier molecular flexibility index (Phi) is 4.01. The van der Waals surface area contributed by atoms with Crippen molar-refractivity contribution in [2.45, 2.75) is 51.2 Å². The van der Waals surface area contributed by atoms with Crippen molar-refractivity contribution in [3.63, 3.8) is 0 Å². The molecule has 3 heterocycles. The number of imide groups is 1. The lowest BCUT2D eigenvalue weighted by Gasteiger charge is -2.19. The van der Waals surface area contributed by atoms with E-state index in [0.717, 1.165) is 17.1 Å². The summed E-state index contributed by atoms with van der Waals surface area (Å²) in [7, 11) is 0. The molecule has 2 aliphatic carbocycles. The van der Waals surface area contributed by atoms with E-state index in [-0.39, 0.29) is 12.0 Å². The fourth-order valence-electron chi connectivity index (χ4n) is 3.92. The first-order valence-corrected chi connectivity index (χ1v) is 10.1. The van der Waals surface area contributed by atoms with E-state index in [4.69, 9.17) is 9.47 Å². The highest BCUT2D eigenvalue weighted by Gasteiger charge is 2.47. The number of rotatable bonds is 5. The maximum atomic E-state index is 12.6. The van der Waals surface area contributed by atoms with E-state index in [2.05, 4.69) is 10.3 Å². The summed E-state index contributed by atoms with van der Waals surface area (Å²) in [5, 5.41) is 2.74. The van der Waals surface area contributed by atoms with Gasteiger partial charge in [-0.25, -0.2) is 14.7 Å².